The molecule has 3 aromatic rings. The Hall–Kier alpha value is -6.36. The first-order valence-corrected chi connectivity index (χ1v) is 20.7. The molecule has 2 aliphatic carbocycles. The van der Waals surface area contributed by atoms with Crippen molar-refractivity contribution in [3.63, 3.8) is 0 Å². The predicted molar refractivity (Wildman–Crippen MR) is 245 cm³/mol. The van der Waals surface area contributed by atoms with Crippen molar-refractivity contribution >= 4 is 58.3 Å². The second-order valence-electron chi connectivity index (χ2n) is 14.7. The molecule has 23 heteroatoms. The zero-order valence-corrected chi connectivity index (χ0v) is 37.6. The van der Waals surface area contributed by atoms with E-state index in [9.17, 15) is 37.1 Å². The maximum atomic E-state index is 14.1. The minimum absolute atomic E-state index is 0. The van der Waals surface area contributed by atoms with Gasteiger partial charge in [-0.25, -0.2) is 4.79 Å². The van der Waals surface area contributed by atoms with E-state index in [0.717, 1.165) is 22.0 Å². The van der Waals surface area contributed by atoms with Gasteiger partial charge in [0.05, 0.1) is 5.92 Å². The van der Waals surface area contributed by atoms with Crippen LogP contribution in [-0.2, 0) is 58.4 Å². The first kappa shape index (κ1) is 57.8. The first-order chi connectivity index (χ1) is 31.8. The van der Waals surface area contributed by atoms with Gasteiger partial charge in [-0.3, -0.25) is 34.0 Å². The molecule has 16 N–H and O–H groups in total. The Morgan fingerprint density at radius 1 is 0.618 bits per heavy atom. The van der Waals surface area contributed by atoms with Gasteiger partial charge in [0.15, 0.2) is 11.9 Å². The van der Waals surface area contributed by atoms with Crippen molar-refractivity contribution in [1.29, 1.82) is 0 Å². The van der Waals surface area contributed by atoms with Gasteiger partial charge in [-0.05, 0) is 101 Å². The maximum Gasteiger partial charge on any atom is 2.00 e. The SMILES string of the molecule is NC(=O)[C@H](Cc1ccccc1)NC(=O)[C@H](CCCN=C(N)N)NC(=O)[C@H](CCCN=C(N)N)NC(=O)[C@H](Cc1c[nH]c2ccccc12)NC(=O)[C]1[CH][CH][CH][CH]1.O=C(O)C(F)(F)F.[CH]1[CH][CH][CH][CH]1.[Co+2]. The number of hydrogen-bond acceptors (Lipinski definition) is 8. The summed E-state index contributed by atoms with van der Waals surface area (Å²) in [4.78, 5) is 87.5. The standard InChI is InChI=1S/C38H49N12O5.C5H5.C2HF3O2.Co/c39-32(51)30(20-23-10-2-1-3-11-23)49-35(54)29(17-9-19-45-38(42)43)47-34(53)28(16-8-18-44-37(40)41)48-36(55)31(50-33(52)24-12-4-5-13-24)21-25-22-46-27-15-7-6-14-26(25)27;1-2-4-5-3-1;3-2(4,5)1(6)7;/h1-7,10-15,22,28-31,46H,8-9,16-21H2,(H2,39,51)(H,47,53)(H,48,55)(H,49,54)(H,50,52)(H4,40,41,44)(H4,42,43,45);1-5H;(H,6,7);/q;;;+2/t28-,29-,30-,31-;;;/m0.../s1. The van der Waals surface area contributed by atoms with Crippen LogP contribution in [0.1, 0.15) is 36.8 Å². The molecule has 19 nitrogen and oxygen atoms in total. The summed E-state index contributed by atoms with van der Waals surface area (Å²) in [5.41, 5.74) is 30.0. The van der Waals surface area contributed by atoms with Crippen LogP contribution in [0.25, 0.3) is 10.9 Å². The Kier molecular flexibility index (Phi) is 25.6. The number of para-hydroxylation sites is 1. The average molecular weight is 992 g/mol. The van der Waals surface area contributed by atoms with Crippen LogP contribution in [0.5, 0.6) is 0 Å². The fourth-order valence-corrected chi connectivity index (χ4v) is 6.25. The topological polar surface area (TPSA) is 341 Å². The van der Waals surface area contributed by atoms with E-state index in [2.05, 4.69) is 36.2 Å². The Morgan fingerprint density at radius 3 is 1.54 bits per heavy atom. The molecular weight excluding hydrogens is 936 g/mol. The third-order valence-corrected chi connectivity index (χ3v) is 9.54. The number of H-pyrrole nitrogens is 1. The van der Waals surface area contributed by atoms with Crippen molar-refractivity contribution in [3.8, 4) is 0 Å². The molecule has 0 bridgehead atoms. The van der Waals surface area contributed by atoms with Gasteiger partial charge in [0.2, 0.25) is 29.5 Å². The molecule has 1 heterocycles. The summed E-state index contributed by atoms with van der Waals surface area (Å²) < 4.78 is 31.7. The third kappa shape index (κ3) is 21.5. The smallest absolute Gasteiger partial charge is 0.475 e. The zero-order chi connectivity index (χ0) is 49.4. The van der Waals surface area contributed by atoms with Crippen molar-refractivity contribution in [2.45, 2.75) is 68.9 Å². The van der Waals surface area contributed by atoms with E-state index in [1.165, 1.54) is 0 Å². The van der Waals surface area contributed by atoms with Crippen molar-refractivity contribution in [3.05, 3.63) is 136 Å². The number of halogens is 3. The number of rotatable bonds is 21. The molecule has 1 aromatic heterocycles. The molecule has 68 heavy (non-hydrogen) atoms. The number of guanidine groups is 2. The predicted octanol–water partition coefficient (Wildman–Crippen LogP) is 0.542. The monoisotopic (exact) mass is 991 g/mol. The number of amides is 5. The number of primary amides is 1. The van der Waals surface area contributed by atoms with Gasteiger partial charge in [0, 0.05) is 43.0 Å². The van der Waals surface area contributed by atoms with Gasteiger partial charge >= 0.3 is 28.9 Å². The van der Waals surface area contributed by atoms with E-state index in [4.69, 9.17) is 38.6 Å². The molecule has 0 spiro atoms. The van der Waals surface area contributed by atoms with Gasteiger partial charge in [-0.15, -0.1) is 0 Å². The molecule has 11 radical (unpaired) electrons. The van der Waals surface area contributed by atoms with Crippen LogP contribution in [0.15, 0.2) is 70.8 Å². The van der Waals surface area contributed by atoms with Gasteiger partial charge in [0.25, 0.3) is 0 Å². The quantitative estimate of drug-likeness (QED) is 0.0398. The number of carbonyl (C=O) groups excluding carboxylic acids is 5. The zero-order valence-electron chi connectivity index (χ0n) is 36.6. The van der Waals surface area contributed by atoms with E-state index >= 15 is 0 Å². The number of aromatic amines is 1. The van der Waals surface area contributed by atoms with Crippen LogP contribution in [0.3, 0.4) is 0 Å². The van der Waals surface area contributed by atoms with E-state index in [1.807, 2.05) is 62.4 Å². The van der Waals surface area contributed by atoms with Crippen LogP contribution in [0.4, 0.5) is 13.2 Å². The molecule has 5 rings (SSSR count). The number of carbonyl (C=O) groups is 6. The largest absolute Gasteiger partial charge is 2.00 e. The number of fused-ring (bicyclic) bond motifs is 1. The normalized spacial score (nSPS) is 14.9. The third-order valence-electron chi connectivity index (χ3n) is 9.54. The number of nitrogens with two attached hydrogens (primary N) is 5. The Labute approximate surface area is 403 Å². The molecule has 2 aromatic carbocycles. The molecule has 0 aliphatic heterocycles. The fourth-order valence-electron chi connectivity index (χ4n) is 6.25. The van der Waals surface area contributed by atoms with E-state index in [1.54, 1.807) is 56.1 Å². The van der Waals surface area contributed by atoms with E-state index in [0.29, 0.717) is 5.92 Å². The van der Waals surface area contributed by atoms with Crippen molar-refractivity contribution in [1.82, 2.24) is 26.3 Å². The number of aliphatic carboxylic acids is 1. The minimum atomic E-state index is -5.08. The maximum absolute atomic E-state index is 14.1. The summed E-state index contributed by atoms with van der Waals surface area (Å²) in [6.45, 7) is 0.305. The number of hydrogen-bond donors (Lipinski definition) is 11. The average Bonchev–Trinajstić information content (AvgIpc) is 4.11. The summed E-state index contributed by atoms with van der Waals surface area (Å²) in [7, 11) is 0. The number of benzene rings is 2. The Morgan fingerprint density at radius 2 is 1.07 bits per heavy atom. The summed E-state index contributed by atoms with van der Waals surface area (Å²) >= 11 is 0. The van der Waals surface area contributed by atoms with Crippen LogP contribution >= 0.6 is 0 Å². The van der Waals surface area contributed by atoms with Crippen molar-refractivity contribution < 1.29 is 63.8 Å². The second-order valence-corrected chi connectivity index (χ2v) is 14.7. The number of nitrogens with one attached hydrogen (secondary N) is 5. The van der Waals surface area contributed by atoms with Gasteiger partial charge in [0.1, 0.15) is 24.2 Å². The molecule has 4 atom stereocenters. The number of nitrogens with zero attached hydrogens (tertiary/aromatic N) is 2. The van der Waals surface area contributed by atoms with Gasteiger partial charge in [-0.2, -0.15) is 13.2 Å². The number of alkyl halides is 3. The van der Waals surface area contributed by atoms with E-state index in [-0.39, 0.29) is 80.3 Å². The Bertz CT molecular complexity index is 2120. The minimum Gasteiger partial charge on any atom is -0.475 e. The summed E-state index contributed by atoms with van der Waals surface area (Å²) in [6, 6.07) is 11.9. The van der Waals surface area contributed by atoms with Crippen molar-refractivity contribution in [2.75, 3.05) is 13.1 Å². The molecule has 2 saturated carbocycles. The van der Waals surface area contributed by atoms with Crippen LogP contribution < -0.4 is 49.9 Å². The second kappa shape index (κ2) is 30.1. The first-order valence-electron chi connectivity index (χ1n) is 20.7. The Balaban J connectivity index is 0.00000107. The number of aliphatic imine (C=N–C) groups is 2. The molecular formula is C45H55CoF3N12O7+2. The van der Waals surface area contributed by atoms with Crippen molar-refractivity contribution in [2.24, 2.45) is 38.7 Å². The summed E-state index contributed by atoms with van der Waals surface area (Å²) in [6.07, 6.45) is 14.2. The van der Waals surface area contributed by atoms with E-state index < -0.39 is 65.8 Å². The van der Waals surface area contributed by atoms with Gasteiger partial charge < -0.3 is 60.0 Å². The summed E-state index contributed by atoms with van der Waals surface area (Å²) in [5.74, 6) is -5.94. The van der Waals surface area contributed by atoms with Crippen LogP contribution in [0, 0.1) is 63.7 Å². The van der Waals surface area contributed by atoms with Crippen LogP contribution in [0.2, 0.25) is 0 Å². The molecule has 0 unspecified atom stereocenters. The van der Waals surface area contributed by atoms with Crippen LogP contribution in [-0.4, -0.2) is 101 Å². The number of aromatic nitrogens is 1. The summed E-state index contributed by atoms with van der Waals surface area (Å²) in [5, 5.41) is 19.0. The molecule has 365 valence electrons. The number of carboxylic acid groups (broad SMARTS) is 1. The molecule has 2 aliphatic rings. The number of carboxylic acids is 1. The molecule has 2 fully saturated rings. The molecule has 0 saturated heterocycles. The molecule has 5 amide bonds. The van der Waals surface area contributed by atoms with Gasteiger partial charge in [-0.1, -0.05) is 48.5 Å². The fraction of sp³-hybridized carbons (Fsp3) is 0.289.